The minimum absolute atomic E-state index is 0.671. The van der Waals surface area contributed by atoms with Gasteiger partial charge in [-0.2, -0.15) is 0 Å². The van der Waals surface area contributed by atoms with E-state index in [1.807, 2.05) is 18.2 Å². The number of nitrogen functional groups attached to an aromatic ring is 1. The number of unbranched alkanes of at least 4 members (excludes halogenated alkanes) is 2. The van der Waals surface area contributed by atoms with Crippen molar-refractivity contribution in [3.05, 3.63) is 18.2 Å². The van der Waals surface area contributed by atoms with Crippen LogP contribution in [0.4, 0.5) is 11.6 Å². The number of pyridine rings is 1. The van der Waals surface area contributed by atoms with Gasteiger partial charge in [-0.3, -0.25) is 0 Å². The molecule has 0 fully saturated rings. The lowest BCUT2D eigenvalue weighted by Gasteiger charge is -2.06. The number of hydrogen-bond acceptors (Lipinski definition) is 5. The molecule has 1 rings (SSSR count). The van der Waals surface area contributed by atoms with Crippen molar-refractivity contribution in [2.45, 2.75) is 19.3 Å². The molecule has 1 aromatic heterocycles. The van der Waals surface area contributed by atoms with E-state index in [4.69, 9.17) is 10.6 Å². The lowest BCUT2D eigenvalue weighted by atomic mass is 10.2. The molecule has 0 spiro atoms. The van der Waals surface area contributed by atoms with E-state index in [2.05, 4.69) is 15.7 Å². The normalized spacial score (nSPS) is 10.1. The molecule has 0 aliphatic heterocycles. The largest absolute Gasteiger partial charge is 0.385 e. The van der Waals surface area contributed by atoms with Crippen LogP contribution in [0.15, 0.2) is 18.2 Å². The Morgan fingerprint density at radius 2 is 2.06 bits per heavy atom. The van der Waals surface area contributed by atoms with Crippen LogP contribution in [0.3, 0.4) is 0 Å². The van der Waals surface area contributed by atoms with Crippen LogP contribution in [-0.4, -0.2) is 25.2 Å². The lowest BCUT2D eigenvalue weighted by Crippen LogP contribution is -2.10. The van der Waals surface area contributed by atoms with E-state index < -0.39 is 0 Å². The molecular weight excluding hydrogens is 204 g/mol. The predicted octanol–water partition coefficient (Wildman–Crippen LogP) is 1.60. The third-order valence-corrected chi connectivity index (χ3v) is 2.23. The number of nitrogens with one attached hydrogen (secondary N) is 2. The van der Waals surface area contributed by atoms with Crippen LogP contribution < -0.4 is 16.6 Å². The molecule has 1 heterocycles. The highest BCUT2D eigenvalue weighted by Crippen LogP contribution is 2.08. The quantitative estimate of drug-likeness (QED) is 0.355. The summed E-state index contributed by atoms with van der Waals surface area (Å²) in [6.07, 6.45) is 3.39. The van der Waals surface area contributed by atoms with E-state index in [-0.39, 0.29) is 0 Å². The first-order valence-electron chi connectivity index (χ1n) is 5.53. The second kappa shape index (κ2) is 7.90. The van der Waals surface area contributed by atoms with Gasteiger partial charge < -0.3 is 15.5 Å². The molecule has 0 aliphatic carbocycles. The first kappa shape index (κ1) is 12.7. The van der Waals surface area contributed by atoms with Gasteiger partial charge in [0.2, 0.25) is 0 Å². The maximum absolute atomic E-state index is 5.27. The summed E-state index contributed by atoms with van der Waals surface area (Å²) in [5, 5.41) is 3.25. The fourth-order valence-electron chi connectivity index (χ4n) is 1.38. The molecule has 90 valence electrons. The van der Waals surface area contributed by atoms with Crippen molar-refractivity contribution in [1.82, 2.24) is 4.98 Å². The molecule has 5 heteroatoms. The molecule has 1 aromatic rings. The van der Waals surface area contributed by atoms with Crippen molar-refractivity contribution >= 4 is 11.6 Å². The van der Waals surface area contributed by atoms with E-state index in [0.29, 0.717) is 5.82 Å². The van der Waals surface area contributed by atoms with Gasteiger partial charge in [0.05, 0.1) is 0 Å². The van der Waals surface area contributed by atoms with Crippen LogP contribution in [-0.2, 0) is 4.74 Å². The van der Waals surface area contributed by atoms with Crippen molar-refractivity contribution in [2.24, 2.45) is 5.84 Å². The standard InChI is InChI=1S/C11H20N4O/c1-16-9-4-2-3-8-13-10-6-5-7-11(14-10)15-12/h5-7H,2-4,8-9,12H2,1H3,(H2,13,14,15). The number of nitrogens with two attached hydrogens (primary N) is 1. The lowest BCUT2D eigenvalue weighted by molar-refractivity contribution is 0.192. The summed E-state index contributed by atoms with van der Waals surface area (Å²) in [4.78, 5) is 4.25. The number of nitrogens with zero attached hydrogens (tertiary/aromatic N) is 1. The van der Waals surface area contributed by atoms with Crippen LogP contribution in [0, 0.1) is 0 Å². The molecule has 0 atom stereocenters. The smallest absolute Gasteiger partial charge is 0.142 e. The van der Waals surface area contributed by atoms with E-state index in [1.54, 1.807) is 7.11 Å². The summed E-state index contributed by atoms with van der Waals surface area (Å²) in [7, 11) is 1.73. The summed E-state index contributed by atoms with van der Waals surface area (Å²) in [5.74, 6) is 6.79. The third-order valence-electron chi connectivity index (χ3n) is 2.23. The van der Waals surface area contributed by atoms with Crippen LogP contribution in [0.25, 0.3) is 0 Å². The van der Waals surface area contributed by atoms with E-state index >= 15 is 0 Å². The summed E-state index contributed by atoms with van der Waals surface area (Å²) in [5.41, 5.74) is 2.52. The Hall–Kier alpha value is -1.33. The summed E-state index contributed by atoms with van der Waals surface area (Å²) < 4.78 is 4.98. The van der Waals surface area contributed by atoms with E-state index in [0.717, 1.165) is 38.2 Å². The van der Waals surface area contributed by atoms with Gasteiger partial charge in [-0.15, -0.1) is 0 Å². The first-order chi connectivity index (χ1) is 7.86. The Morgan fingerprint density at radius 3 is 2.81 bits per heavy atom. The maximum Gasteiger partial charge on any atom is 0.142 e. The second-order valence-electron chi connectivity index (χ2n) is 3.53. The molecule has 16 heavy (non-hydrogen) atoms. The molecule has 0 unspecified atom stereocenters. The number of rotatable bonds is 8. The van der Waals surface area contributed by atoms with Gasteiger partial charge in [0, 0.05) is 20.3 Å². The molecule has 5 nitrogen and oxygen atoms in total. The summed E-state index contributed by atoms with van der Waals surface area (Å²) in [6.45, 7) is 1.76. The van der Waals surface area contributed by atoms with E-state index in [1.165, 1.54) is 0 Å². The molecular formula is C11H20N4O. The first-order valence-corrected chi connectivity index (χ1v) is 5.53. The van der Waals surface area contributed by atoms with Gasteiger partial charge in [-0.05, 0) is 31.4 Å². The zero-order chi connectivity index (χ0) is 11.6. The van der Waals surface area contributed by atoms with Gasteiger partial charge in [0.25, 0.3) is 0 Å². The van der Waals surface area contributed by atoms with Gasteiger partial charge in [0.1, 0.15) is 11.6 Å². The number of aromatic nitrogens is 1. The molecule has 0 saturated carbocycles. The van der Waals surface area contributed by atoms with Crippen LogP contribution >= 0.6 is 0 Å². The molecule has 4 N–H and O–H groups in total. The Labute approximate surface area is 96.4 Å². The molecule has 0 aliphatic rings. The highest BCUT2D eigenvalue weighted by molar-refractivity contribution is 5.44. The zero-order valence-corrected chi connectivity index (χ0v) is 9.70. The Bertz CT molecular complexity index is 293. The van der Waals surface area contributed by atoms with Crippen LogP contribution in [0.5, 0.6) is 0 Å². The monoisotopic (exact) mass is 224 g/mol. The fraction of sp³-hybridized carbons (Fsp3) is 0.545. The highest BCUT2D eigenvalue weighted by Gasteiger charge is 1.95. The van der Waals surface area contributed by atoms with Gasteiger partial charge in [-0.1, -0.05) is 6.07 Å². The van der Waals surface area contributed by atoms with Crippen molar-refractivity contribution in [3.8, 4) is 0 Å². The van der Waals surface area contributed by atoms with Crippen molar-refractivity contribution in [2.75, 3.05) is 31.0 Å². The highest BCUT2D eigenvalue weighted by atomic mass is 16.5. The molecule has 0 radical (unpaired) electrons. The summed E-state index contributed by atoms with van der Waals surface area (Å²) >= 11 is 0. The summed E-state index contributed by atoms with van der Waals surface area (Å²) in [6, 6.07) is 5.66. The fourth-order valence-corrected chi connectivity index (χ4v) is 1.38. The average Bonchev–Trinajstić information content (AvgIpc) is 2.34. The Kier molecular flexibility index (Phi) is 6.29. The van der Waals surface area contributed by atoms with Gasteiger partial charge in [0.15, 0.2) is 0 Å². The zero-order valence-electron chi connectivity index (χ0n) is 9.70. The van der Waals surface area contributed by atoms with Crippen molar-refractivity contribution in [3.63, 3.8) is 0 Å². The van der Waals surface area contributed by atoms with Crippen LogP contribution in [0.1, 0.15) is 19.3 Å². The number of methoxy groups -OCH3 is 1. The SMILES string of the molecule is COCCCCCNc1cccc(NN)n1. The number of hydrogen-bond donors (Lipinski definition) is 3. The molecule has 0 amide bonds. The predicted molar refractivity (Wildman–Crippen MR) is 66.3 cm³/mol. The minimum Gasteiger partial charge on any atom is -0.385 e. The number of ether oxygens (including phenoxy) is 1. The Balaban J connectivity index is 2.16. The number of anilines is 2. The minimum atomic E-state index is 0.671. The third kappa shape index (κ3) is 4.95. The Morgan fingerprint density at radius 1 is 1.25 bits per heavy atom. The molecule has 0 saturated heterocycles. The van der Waals surface area contributed by atoms with Crippen LogP contribution in [0.2, 0.25) is 0 Å². The average molecular weight is 224 g/mol. The second-order valence-corrected chi connectivity index (χ2v) is 3.53. The molecule has 0 bridgehead atoms. The van der Waals surface area contributed by atoms with E-state index in [9.17, 15) is 0 Å². The van der Waals surface area contributed by atoms with Crippen molar-refractivity contribution < 1.29 is 4.74 Å². The molecule has 0 aromatic carbocycles. The number of hydrazine groups is 1. The maximum atomic E-state index is 5.27. The van der Waals surface area contributed by atoms with Gasteiger partial charge in [-0.25, -0.2) is 10.8 Å². The van der Waals surface area contributed by atoms with Gasteiger partial charge >= 0.3 is 0 Å². The van der Waals surface area contributed by atoms with Crippen molar-refractivity contribution in [1.29, 1.82) is 0 Å². The topological polar surface area (TPSA) is 72.2 Å².